The zero-order chi connectivity index (χ0) is 12.4. The van der Waals surface area contributed by atoms with Crippen LogP contribution in [0.5, 0.6) is 0 Å². The van der Waals surface area contributed by atoms with E-state index in [1.807, 2.05) is 6.92 Å². The zero-order valence-corrected chi connectivity index (χ0v) is 11.2. The van der Waals surface area contributed by atoms with E-state index in [9.17, 15) is 9.18 Å². The molecule has 4 heteroatoms. The maximum Gasteiger partial charge on any atom is 0.143 e. The van der Waals surface area contributed by atoms with Crippen LogP contribution in [-0.2, 0) is 16.0 Å². The Morgan fingerprint density at radius 2 is 2.35 bits per heavy atom. The van der Waals surface area contributed by atoms with Crippen molar-refractivity contribution in [1.82, 2.24) is 0 Å². The summed E-state index contributed by atoms with van der Waals surface area (Å²) in [4.78, 5) is 12.0. The van der Waals surface area contributed by atoms with E-state index in [4.69, 9.17) is 4.74 Å². The number of carbonyl (C=O) groups is 1. The van der Waals surface area contributed by atoms with Gasteiger partial charge in [0.2, 0.25) is 0 Å². The third-order valence-corrected chi connectivity index (χ3v) is 3.66. The van der Waals surface area contributed by atoms with E-state index in [-0.39, 0.29) is 30.0 Å². The van der Waals surface area contributed by atoms with Crippen molar-refractivity contribution in [3.8, 4) is 0 Å². The van der Waals surface area contributed by atoms with Crippen molar-refractivity contribution in [3.63, 3.8) is 0 Å². The maximum absolute atomic E-state index is 13.5. The zero-order valence-electron chi connectivity index (χ0n) is 9.58. The Morgan fingerprint density at radius 3 is 3.00 bits per heavy atom. The highest BCUT2D eigenvalue weighted by atomic mass is 79.9. The number of halogens is 2. The highest BCUT2D eigenvalue weighted by Crippen LogP contribution is 2.24. The smallest absolute Gasteiger partial charge is 0.143 e. The molecule has 1 aromatic rings. The number of hydrogen-bond acceptors (Lipinski definition) is 2. The fourth-order valence-corrected chi connectivity index (χ4v) is 2.56. The van der Waals surface area contributed by atoms with Gasteiger partial charge in [-0.05, 0) is 37.1 Å². The Kier molecular flexibility index (Phi) is 3.94. The monoisotopic (exact) mass is 300 g/mol. The second kappa shape index (κ2) is 5.27. The first-order valence-electron chi connectivity index (χ1n) is 5.66. The van der Waals surface area contributed by atoms with Crippen molar-refractivity contribution in [3.05, 3.63) is 34.1 Å². The summed E-state index contributed by atoms with van der Waals surface area (Å²) in [6.45, 7) is 2.52. The van der Waals surface area contributed by atoms with Crippen LogP contribution in [0.2, 0.25) is 0 Å². The Morgan fingerprint density at radius 1 is 1.59 bits per heavy atom. The van der Waals surface area contributed by atoms with Crippen molar-refractivity contribution in [2.45, 2.75) is 25.9 Å². The fraction of sp³-hybridized carbons (Fsp3) is 0.462. The van der Waals surface area contributed by atoms with Crippen LogP contribution in [-0.4, -0.2) is 18.5 Å². The van der Waals surface area contributed by atoms with Crippen LogP contribution in [0.15, 0.2) is 22.7 Å². The predicted octanol–water partition coefficient (Wildman–Crippen LogP) is 3.12. The molecule has 0 aromatic heterocycles. The van der Waals surface area contributed by atoms with E-state index in [0.717, 1.165) is 10.9 Å². The molecule has 0 bridgehead atoms. The molecular formula is C13H14BrFO2. The minimum Gasteiger partial charge on any atom is -0.378 e. The third-order valence-electron chi connectivity index (χ3n) is 3.16. The van der Waals surface area contributed by atoms with Gasteiger partial charge in [-0.1, -0.05) is 15.9 Å². The molecule has 1 fully saturated rings. The van der Waals surface area contributed by atoms with Crippen LogP contribution in [0.1, 0.15) is 18.9 Å². The molecule has 0 saturated carbocycles. The van der Waals surface area contributed by atoms with E-state index in [0.29, 0.717) is 12.2 Å². The van der Waals surface area contributed by atoms with Gasteiger partial charge in [-0.2, -0.15) is 0 Å². The summed E-state index contributed by atoms with van der Waals surface area (Å²) < 4.78 is 19.7. The van der Waals surface area contributed by atoms with Crippen LogP contribution < -0.4 is 0 Å². The van der Waals surface area contributed by atoms with Crippen LogP contribution in [0, 0.1) is 11.7 Å². The van der Waals surface area contributed by atoms with Gasteiger partial charge in [0.05, 0.1) is 6.10 Å². The Labute approximate surface area is 108 Å². The van der Waals surface area contributed by atoms with Gasteiger partial charge >= 0.3 is 0 Å². The summed E-state index contributed by atoms with van der Waals surface area (Å²) in [5.74, 6) is -0.353. The van der Waals surface area contributed by atoms with Crippen LogP contribution in [0.3, 0.4) is 0 Å². The van der Waals surface area contributed by atoms with Crippen molar-refractivity contribution in [2.75, 3.05) is 6.61 Å². The number of hydrogen-bond donors (Lipinski definition) is 0. The number of benzene rings is 1. The molecule has 1 heterocycles. The second-order valence-corrected chi connectivity index (χ2v) is 5.27. The molecule has 0 aliphatic carbocycles. The normalized spacial score (nSPS) is 23.9. The van der Waals surface area contributed by atoms with Crippen molar-refractivity contribution in [1.29, 1.82) is 0 Å². The minimum absolute atomic E-state index is 0.0438. The summed E-state index contributed by atoms with van der Waals surface area (Å²) >= 11 is 3.28. The average molecular weight is 301 g/mol. The SMILES string of the molecule is CC1OCCC1C(=O)Cc1cc(Br)ccc1F. The van der Waals surface area contributed by atoms with Gasteiger partial charge in [-0.3, -0.25) is 4.79 Å². The molecule has 1 aromatic carbocycles. The van der Waals surface area contributed by atoms with E-state index in [2.05, 4.69) is 15.9 Å². The highest BCUT2D eigenvalue weighted by molar-refractivity contribution is 9.10. The highest BCUT2D eigenvalue weighted by Gasteiger charge is 2.30. The van der Waals surface area contributed by atoms with Crippen molar-refractivity contribution in [2.24, 2.45) is 5.92 Å². The number of Topliss-reactive ketones (excluding diaryl/α,β-unsaturated/α-hetero) is 1. The van der Waals surface area contributed by atoms with Gasteiger partial charge in [0, 0.05) is 23.4 Å². The molecule has 0 spiro atoms. The van der Waals surface area contributed by atoms with Gasteiger partial charge in [-0.15, -0.1) is 0 Å². The lowest BCUT2D eigenvalue weighted by molar-refractivity contribution is -0.123. The van der Waals surface area contributed by atoms with E-state index in [1.54, 1.807) is 12.1 Å². The Hall–Kier alpha value is -0.740. The van der Waals surface area contributed by atoms with Gasteiger partial charge < -0.3 is 4.74 Å². The molecule has 2 unspecified atom stereocenters. The van der Waals surface area contributed by atoms with Crippen LogP contribution in [0.25, 0.3) is 0 Å². The molecule has 2 rings (SSSR count). The van der Waals surface area contributed by atoms with Gasteiger partial charge in [0.25, 0.3) is 0 Å². The molecule has 0 N–H and O–H groups in total. The van der Waals surface area contributed by atoms with Gasteiger partial charge in [-0.25, -0.2) is 4.39 Å². The molecule has 17 heavy (non-hydrogen) atoms. The second-order valence-electron chi connectivity index (χ2n) is 4.35. The first-order valence-corrected chi connectivity index (χ1v) is 6.45. The molecule has 1 aliphatic rings. The van der Waals surface area contributed by atoms with E-state index < -0.39 is 0 Å². The van der Waals surface area contributed by atoms with E-state index >= 15 is 0 Å². The molecular weight excluding hydrogens is 287 g/mol. The number of ketones is 1. The first-order chi connectivity index (χ1) is 8.08. The summed E-state index contributed by atoms with van der Waals surface area (Å²) in [7, 11) is 0. The summed E-state index contributed by atoms with van der Waals surface area (Å²) in [6.07, 6.45) is 0.844. The Balaban J connectivity index is 2.10. The molecule has 0 amide bonds. The number of rotatable bonds is 3. The predicted molar refractivity (Wildman–Crippen MR) is 66.3 cm³/mol. The maximum atomic E-state index is 13.5. The molecule has 1 aliphatic heterocycles. The van der Waals surface area contributed by atoms with Crippen molar-refractivity contribution >= 4 is 21.7 Å². The number of carbonyl (C=O) groups excluding carboxylic acids is 1. The fourth-order valence-electron chi connectivity index (χ4n) is 2.15. The quantitative estimate of drug-likeness (QED) is 0.857. The summed E-state index contributed by atoms with van der Waals surface area (Å²) in [5.41, 5.74) is 0.448. The molecule has 1 saturated heterocycles. The van der Waals surface area contributed by atoms with Crippen LogP contribution in [0.4, 0.5) is 4.39 Å². The standard InChI is InChI=1S/C13H14BrFO2/c1-8-11(4-5-17-8)13(16)7-9-6-10(14)2-3-12(9)15/h2-3,6,8,11H,4-5,7H2,1H3. The van der Waals surface area contributed by atoms with Gasteiger partial charge in [0.15, 0.2) is 0 Å². The third kappa shape index (κ3) is 2.93. The summed E-state index contributed by atoms with van der Waals surface area (Å²) in [6, 6.07) is 4.67. The lowest BCUT2D eigenvalue weighted by Gasteiger charge is -2.13. The largest absolute Gasteiger partial charge is 0.378 e. The average Bonchev–Trinajstić information content (AvgIpc) is 2.70. The van der Waals surface area contributed by atoms with Gasteiger partial charge in [0.1, 0.15) is 11.6 Å². The molecule has 92 valence electrons. The first kappa shape index (κ1) is 12.7. The van der Waals surface area contributed by atoms with Crippen molar-refractivity contribution < 1.29 is 13.9 Å². The molecule has 2 atom stereocenters. The lowest BCUT2D eigenvalue weighted by Crippen LogP contribution is -2.23. The molecule has 0 radical (unpaired) electrons. The van der Waals surface area contributed by atoms with E-state index in [1.165, 1.54) is 6.07 Å². The number of ether oxygens (including phenoxy) is 1. The Bertz CT molecular complexity index is 433. The molecule has 2 nitrogen and oxygen atoms in total. The van der Waals surface area contributed by atoms with Crippen LogP contribution >= 0.6 is 15.9 Å². The summed E-state index contributed by atoms with van der Waals surface area (Å²) in [5, 5.41) is 0. The topological polar surface area (TPSA) is 26.3 Å². The lowest BCUT2D eigenvalue weighted by atomic mass is 9.93. The minimum atomic E-state index is -0.326.